The molecule has 0 spiro atoms. The zero-order valence-corrected chi connectivity index (χ0v) is 14.2. The molecule has 0 amide bonds. The Morgan fingerprint density at radius 1 is 1.33 bits per heavy atom. The third-order valence-corrected chi connectivity index (χ3v) is 4.37. The second-order valence-corrected chi connectivity index (χ2v) is 6.06. The number of methoxy groups -OCH3 is 1. The van der Waals surface area contributed by atoms with E-state index in [4.69, 9.17) is 14.7 Å². The molecule has 2 aromatic rings. The fraction of sp³-hybridized carbons (Fsp3) is 0.368. The Labute approximate surface area is 142 Å². The normalized spacial score (nSPS) is 21.0. The summed E-state index contributed by atoms with van der Waals surface area (Å²) in [4.78, 5) is 6.83. The van der Waals surface area contributed by atoms with Crippen LogP contribution in [-0.4, -0.2) is 36.2 Å². The van der Waals surface area contributed by atoms with Crippen LogP contribution in [0.4, 0.5) is 0 Å². The molecule has 1 unspecified atom stereocenters. The number of hydrogen-bond acceptors (Lipinski definition) is 5. The minimum Gasteiger partial charge on any atom is -0.497 e. The molecule has 0 N–H and O–H groups in total. The van der Waals surface area contributed by atoms with Gasteiger partial charge in [0.05, 0.1) is 25.0 Å². The molecule has 2 heterocycles. The molecule has 0 saturated carbocycles. The Hall–Kier alpha value is -2.42. The maximum absolute atomic E-state index is 9.04. The van der Waals surface area contributed by atoms with Crippen LogP contribution in [0.2, 0.25) is 0 Å². The standard InChI is InChI=1S/C19H21N3O2/c1-14(2)22-9-10-24-19(22,16-5-4-6-17(11-16)23-3)18-8-7-15(12-20)13-21-18/h4-8,11,13-14H,9-10H2,1-3H3. The quantitative estimate of drug-likeness (QED) is 0.866. The van der Waals surface area contributed by atoms with Gasteiger partial charge in [0.1, 0.15) is 11.8 Å². The van der Waals surface area contributed by atoms with Crippen molar-refractivity contribution in [2.75, 3.05) is 20.3 Å². The summed E-state index contributed by atoms with van der Waals surface area (Å²) in [6.07, 6.45) is 1.59. The molecule has 24 heavy (non-hydrogen) atoms. The van der Waals surface area contributed by atoms with E-state index in [0.717, 1.165) is 23.6 Å². The lowest BCUT2D eigenvalue weighted by molar-refractivity contribution is -0.0683. The van der Waals surface area contributed by atoms with Crippen molar-refractivity contribution >= 4 is 0 Å². The summed E-state index contributed by atoms with van der Waals surface area (Å²) < 4.78 is 11.7. The van der Waals surface area contributed by atoms with Crippen molar-refractivity contribution in [3.8, 4) is 11.8 Å². The van der Waals surface area contributed by atoms with E-state index in [9.17, 15) is 0 Å². The molecular formula is C19H21N3O2. The molecule has 1 aliphatic heterocycles. The highest BCUT2D eigenvalue weighted by Crippen LogP contribution is 2.42. The summed E-state index contributed by atoms with van der Waals surface area (Å²) >= 11 is 0. The van der Waals surface area contributed by atoms with Gasteiger partial charge < -0.3 is 9.47 Å². The maximum atomic E-state index is 9.04. The van der Waals surface area contributed by atoms with Crippen molar-refractivity contribution in [1.29, 1.82) is 5.26 Å². The van der Waals surface area contributed by atoms with Crippen molar-refractivity contribution in [2.45, 2.75) is 25.6 Å². The van der Waals surface area contributed by atoms with E-state index in [1.807, 2.05) is 30.3 Å². The Bertz CT molecular complexity index is 752. The van der Waals surface area contributed by atoms with Gasteiger partial charge in [-0.3, -0.25) is 9.88 Å². The summed E-state index contributed by atoms with van der Waals surface area (Å²) in [5.74, 6) is 0.778. The number of ether oxygens (including phenoxy) is 2. The van der Waals surface area contributed by atoms with Gasteiger partial charge in [0.2, 0.25) is 0 Å². The van der Waals surface area contributed by atoms with Crippen LogP contribution < -0.4 is 4.74 Å². The third kappa shape index (κ3) is 2.64. The van der Waals surface area contributed by atoms with Gasteiger partial charge in [-0.25, -0.2) is 0 Å². The molecule has 1 saturated heterocycles. The average molecular weight is 323 g/mol. The number of benzene rings is 1. The number of rotatable bonds is 4. The molecule has 1 aromatic heterocycles. The molecule has 1 aliphatic rings. The van der Waals surface area contributed by atoms with Crippen molar-refractivity contribution in [1.82, 2.24) is 9.88 Å². The molecule has 0 aliphatic carbocycles. The van der Waals surface area contributed by atoms with Crippen LogP contribution in [0.25, 0.3) is 0 Å². The molecule has 1 aromatic carbocycles. The molecule has 5 heteroatoms. The van der Waals surface area contributed by atoms with Crippen molar-refractivity contribution < 1.29 is 9.47 Å². The molecule has 1 atom stereocenters. The van der Waals surface area contributed by atoms with Crippen LogP contribution in [0.1, 0.15) is 30.7 Å². The first-order valence-electron chi connectivity index (χ1n) is 8.03. The number of pyridine rings is 1. The lowest BCUT2D eigenvalue weighted by atomic mass is 9.95. The van der Waals surface area contributed by atoms with Gasteiger partial charge in [0.15, 0.2) is 5.72 Å². The maximum Gasteiger partial charge on any atom is 0.191 e. The minimum absolute atomic E-state index is 0.274. The van der Waals surface area contributed by atoms with E-state index in [-0.39, 0.29) is 6.04 Å². The van der Waals surface area contributed by atoms with Gasteiger partial charge in [-0.05, 0) is 38.1 Å². The van der Waals surface area contributed by atoms with Crippen LogP contribution in [0, 0.1) is 11.3 Å². The highest BCUT2D eigenvalue weighted by Gasteiger charge is 2.48. The van der Waals surface area contributed by atoms with Gasteiger partial charge in [0.25, 0.3) is 0 Å². The first kappa shape index (κ1) is 16.4. The zero-order chi connectivity index (χ0) is 17.2. The van der Waals surface area contributed by atoms with E-state index in [0.29, 0.717) is 12.2 Å². The molecule has 5 nitrogen and oxygen atoms in total. The van der Waals surface area contributed by atoms with Crippen molar-refractivity contribution in [3.63, 3.8) is 0 Å². The van der Waals surface area contributed by atoms with Crippen LogP contribution in [0.3, 0.4) is 0 Å². The molecule has 1 fully saturated rings. The van der Waals surface area contributed by atoms with Crippen LogP contribution >= 0.6 is 0 Å². The highest BCUT2D eigenvalue weighted by atomic mass is 16.5. The van der Waals surface area contributed by atoms with E-state index >= 15 is 0 Å². The summed E-state index contributed by atoms with van der Waals surface area (Å²) in [6, 6.07) is 13.9. The summed E-state index contributed by atoms with van der Waals surface area (Å²) in [6.45, 7) is 5.73. The average Bonchev–Trinajstić information content (AvgIpc) is 3.08. The first-order valence-corrected chi connectivity index (χ1v) is 8.03. The van der Waals surface area contributed by atoms with E-state index in [2.05, 4.69) is 29.8 Å². The monoisotopic (exact) mass is 323 g/mol. The number of nitriles is 1. The lowest BCUT2D eigenvalue weighted by Crippen LogP contribution is -2.47. The molecular weight excluding hydrogens is 302 g/mol. The van der Waals surface area contributed by atoms with Gasteiger partial charge in [-0.2, -0.15) is 5.26 Å². The van der Waals surface area contributed by atoms with Gasteiger partial charge >= 0.3 is 0 Å². The minimum atomic E-state index is -0.767. The Kier molecular flexibility index (Phi) is 4.52. The number of hydrogen-bond donors (Lipinski definition) is 0. The van der Waals surface area contributed by atoms with E-state index < -0.39 is 5.72 Å². The fourth-order valence-corrected chi connectivity index (χ4v) is 3.27. The Balaban J connectivity index is 2.18. The Morgan fingerprint density at radius 3 is 2.79 bits per heavy atom. The van der Waals surface area contributed by atoms with Gasteiger partial charge in [-0.1, -0.05) is 12.1 Å². The first-order chi connectivity index (χ1) is 11.6. The highest BCUT2D eigenvalue weighted by molar-refractivity contribution is 5.40. The van der Waals surface area contributed by atoms with Crippen molar-refractivity contribution in [2.24, 2.45) is 0 Å². The van der Waals surface area contributed by atoms with Crippen molar-refractivity contribution in [3.05, 3.63) is 59.4 Å². The lowest BCUT2D eigenvalue weighted by Gasteiger charge is -2.39. The zero-order valence-electron chi connectivity index (χ0n) is 14.2. The molecule has 0 radical (unpaired) electrons. The summed E-state index contributed by atoms with van der Waals surface area (Å²) in [5, 5.41) is 9.04. The van der Waals surface area contributed by atoms with Crippen LogP contribution in [-0.2, 0) is 10.5 Å². The van der Waals surface area contributed by atoms with Gasteiger partial charge in [-0.15, -0.1) is 0 Å². The summed E-state index contributed by atoms with van der Waals surface area (Å²) in [7, 11) is 1.65. The smallest absolute Gasteiger partial charge is 0.191 e. The second kappa shape index (κ2) is 6.60. The number of nitrogens with zero attached hydrogens (tertiary/aromatic N) is 3. The predicted octanol–water partition coefficient (Wildman–Crippen LogP) is 2.90. The number of aromatic nitrogens is 1. The molecule has 3 rings (SSSR count). The summed E-state index contributed by atoms with van der Waals surface area (Å²) in [5.41, 5.74) is 1.52. The van der Waals surface area contributed by atoms with E-state index in [1.165, 1.54) is 0 Å². The Morgan fingerprint density at radius 2 is 2.17 bits per heavy atom. The van der Waals surface area contributed by atoms with Crippen LogP contribution in [0.15, 0.2) is 42.6 Å². The largest absolute Gasteiger partial charge is 0.497 e. The molecule has 124 valence electrons. The SMILES string of the molecule is COc1cccc(C2(c3ccc(C#N)cn3)OCCN2C(C)C)c1. The second-order valence-electron chi connectivity index (χ2n) is 6.06. The topological polar surface area (TPSA) is 58.4 Å². The molecule has 0 bridgehead atoms. The van der Waals surface area contributed by atoms with Gasteiger partial charge in [0, 0.05) is 24.3 Å². The fourth-order valence-electron chi connectivity index (χ4n) is 3.27. The van der Waals surface area contributed by atoms with Crippen LogP contribution in [0.5, 0.6) is 5.75 Å². The van der Waals surface area contributed by atoms with E-state index in [1.54, 1.807) is 19.4 Å². The predicted molar refractivity (Wildman–Crippen MR) is 90.5 cm³/mol. The third-order valence-electron chi connectivity index (χ3n) is 4.37.